The maximum absolute atomic E-state index is 12.7. The van der Waals surface area contributed by atoms with Crippen LogP contribution in [0.25, 0.3) is 22.6 Å². The molecular weight excluding hydrogens is 487 g/mol. The lowest BCUT2D eigenvalue weighted by Gasteiger charge is -2.11. The van der Waals surface area contributed by atoms with Crippen LogP contribution in [0.5, 0.6) is 0 Å². The molecule has 0 atom stereocenters. The van der Waals surface area contributed by atoms with E-state index in [-0.39, 0.29) is 5.91 Å². The molecule has 0 spiro atoms. The highest BCUT2D eigenvalue weighted by atomic mass is 127. The molecule has 1 N–H and O–H groups in total. The third kappa shape index (κ3) is 3.77. The van der Waals surface area contributed by atoms with Crippen molar-refractivity contribution in [2.75, 3.05) is 5.32 Å². The Kier molecular flexibility index (Phi) is 5.12. The van der Waals surface area contributed by atoms with Gasteiger partial charge in [0, 0.05) is 14.8 Å². The van der Waals surface area contributed by atoms with E-state index < -0.39 is 0 Å². The summed E-state index contributed by atoms with van der Waals surface area (Å²) in [5.74, 6) is 0.264. The molecule has 0 saturated carbocycles. The first kappa shape index (κ1) is 19.0. The van der Waals surface area contributed by atoms with Crippen LogP contribution in [0.1, 0.15) is 21.5 Å². The van der Waals surface area contributed by atoms with Gasteiger partial charge < -0.3 is 9.73 Å². The van der Waals surface area contributed by atoms with E-state index in [0.717, 1.165) is 31.4 Å². The number of nitrogens with one attached hydrogen (secondary N) is 1. The number of nitrogens with zero attached hydrogens (tertiary/aromatic N) is 1. The Morgan fingerprint density at radius 2 is 1.89 bits per heavy atom. The van der Waals surface area contributed by atoms with Gasteiger partial charge in [-0.2, -0.15) is 0 Å². The molecule has 4 nitrogen and oxygen atoms in total. The van der Waals surface area contributed by atoms with Gasteiger partial charge in [0.05, 0.1) is 10.6 Å². The molecule has 1 amide bonds. The molecule has 140 valence electrons. The first-order valence-electron chi connectivity index (χ1n) is 8.65. The van der Waals surface area contributed by atoms with Crippen LogP contribution < -0.4 is 5.32 Å². The fourth-order valence-electron chi connectivity index (χ4n) is 2.91. The Morgan fingerprint density at radius 3 is 2.71 bits per heavy atom. The van der Waals surface area contributed by atoms with Gasteiger partial charge >= 0.3 is 0 Å². The van der Waals surface area contributed by atoms with E-state index in [1.807, 2.05) is 56.3 Å². The molecule has 4 rings (SSSR count). The summed E-state index contributed by atoms with van der Waals surface area (Å²) in [6.45, 7) is 3.95. The average molecular weight is 503 g/mol. The van der Waals surface area contributed by atoms with Crippen molar-refractivity contribution in [3.05, 3.63) is 79.9 Å². The number of carbonyl (C=O) groups excluding carboxylic acids is 1. The molecule has 3 aromatic carbocycles. The normalized spacial score (nSPS) is 11.0. The van der Waals surface area contributed by atoms with Gasteiger partial charge in [0.2, 0.25) is 5.89 Å². The molecular formula is C22H16ClIN2O2. The van der Waals surface area contributed by atoms with Crippen LogP contribution in [0.2, 0.25) is 5.02 Å². The van der Waals surface area contributed by atoms with Gasteiger partial charge in [0.25, 0.3) is 5.91 Å². The number of hydrogen-bond acceptors (Lipinski definition) is 3. The van der Waals surface area contributed by atoms with E-state index in [0.29, 0.717) is 22.2 Å². The molecule has 0 radical (unpaired) electrons. The number of fused-ring (bicyclic) bond motifs is 1. The molecule has 0 unspecified atom stereocenters. The number of halogens is 2. The molecule has 0 fully saturated rings. The molecule has 6 heteroatoms. The average Bonchev–Trinajstić information content (AvgIpc) is 3.08. The topological polar surface area (TPSA) is 55.1 Å². The van der Waals surface area contributed by atoms with Crippen LogP contribution in [0.4, 0.5) is 5.69 Å². The molecule has 0 bridgehead atoms. The number of benzene rings is 3. The molecule has 0 saturated heterocycles. The van der Waals surface area contributed by atoms with Crippen LogP contribution in [0.3, 0.4) is 0 Å². The smallest absolute Gasteiger partial charge is 0.257 e. The molecule has 1 heterocycles. The summed E-state index contributed by atoms with van der Waals surface area (Å²) in [6, 6.07) is 17.0. The largest absolute Gasteiger partial charge is 0.436 e. The lowest BCUT2D eigenvalue weighted by Crippen LogP contribution is -2.13. The second-order valence-corrected chi connectivity index (χ2v) is 8.25. The van der Waals surface area contributed by atoms with Crippen molar-refractivity contribution in [1.29, 1.82) is 0 Å². The Bertz CT molecular complexity index is 1220. The third-order valence-electron chi connectivity index (χ3n) is 4.45. The maximum atomic E-state index is 12.7. The van der Waals surface area contributed by atoms with E-state index in [1.165, 1.54) is 0 Å². The quantitative estimate of drug-likeness (QED) is 0.320. The first-order chi connectivity index (χ1) is 13.4. The number of rotatable bonds is 3. The van der Waals surface area contributed by atoms with Gasteiger partial charge in [-0.3, -0.25) is 4.79 Å². The zero-order chi connectivity index (χ0) is 19.8. The number of anilines is 1. The van der Waals surface area contributed by atoms with Crippen LogP contribution in [0.15, 0.2) is 59.0 Å². The highest BCUT2D eigenvalue weighted by Gasteiger charge is 2.15. The van der Waals surface area contributed by atoms with E-state index in [9.17, 15) is 4.79 Å². The molecule has 0 aliphatic rings. The third-order valence-corrected chi connectivity index (χ3v) is 5.45. The Labute approximate surface area is 181 Å². The van der Waals surface area contributed by atoms with Gasteiger partial charge in [-0.25, -0.2) is 4.98 Å². The number of carbonyl (C=O) groups is 1. The zero-order valence-electron chi connectivity index (χ0n) is 15.2. The predicted octanol–water partition coefficient (Wildman–Crippen LogP) is 6.62. The van der Waals surface area contributed by atoms with Gasteiger partial charge in [-0.1, -0.05) is 23.7 Å². The lowest BCUT2D eigenvalue weighted by molar-refractivity contribution is 0.102. The fourth-order valence-corrected chi connectivity index (χ4v) is 3.61. The fraction of sp³-hybridized carbons (Fsp3) is 0.0909. The Balaban J connectivity index is 1.68. The second-order valence-electron chi connectivity index (χ2n) is 6.60. The number of oxazole rings is 1. The first-order valence-corrected chi connectivity index (χ1v) is 10.1. The Morgan fingerprint density at radius 1 is 1.07 bits per heavy atom. The lowest BCUT2D eigenvalue weighted by atomic mass is 10.1. The summed E-state index contributed by atoms with van der Waals surface area (Å²) < 4.78 is 6.83. The number of aromatic nitrogens is 1. The monoisotopic (exact) mass is 502 g/mol. The van der Waals surface area contributed by atoms with Gasteiger partial charge in [-0.05, 0) is 90.0 Å². The summed E-state index contributed by atoms with van der Waals surface area (Å²) in [5.41, 5.74) is 5.53. The molecule has 1 aromatic heterocycles. The van der Waals surface area contributed by atoms with E-state index in [4.69, 9.17) is 16.0 Å². The summed E-state index contributed by atoms with van der Waals surface area (Å²) in [4.78, 5) is 17.3. The van der Waals surface area contributed by atoms with Crippen molar-refractivity contribution in [2.24, 2.45) is 0 Å². The number of amides is 1. The summed E-state index contributed by atoms with van der Waals surface area (Å²) >= 11 is 8.35. The number of hydrogen-bond donors (Lipinski definition) is 1. The van der Waals surface area contributed by atoms with Crippen molar-refractivity contribution >= 4 is 56.9 Å². The molecule has 28 heavy (non-hydrogen) atoms. The Hall–Kier alpha value is -2.38. The van der Waals surface area contributed by atoms with Crippen LogP contribution in [0, 0.1) is 17.4 Å². The second kappa shape index (κ2) is 7.56. The van der Waals surface area contributed by atoms with E-state index in [2.05, 4.69) is 32.9 Å². The van der Waals surface area contributed by atoms with Gasteiger partial charge in [-0.15, -0.1) is 0 Å². The number of aryl methyl sites for hydroxylation is 2. The van der Waals surface area contributed by atoms with Crippen molar-refractivity contribution in [1.82, 2.24) is 4.98 Å². The van der Waals surface area contributed by atoms with Crippen molar-refractivity contribution in [2.45, 2.75) is 13.8 Å². The van der Waals surface area contributed by atoms with Crippen molar-refractivity contribution in [3.63, 3.8) is 0 Å². The van der Waals surface area contributed by atoms with Crippen molar-refractivity contribution < 1.29 is 9.21 Å². The standard InChI is InChI=1S/C22H16ClIN2O2/c1-12-3-8-20-19(9-12)26-22(28-20)14-5-4-13(2)18(10-14)25-21(27)16-11-15(24)6-7-17(16)23/h3-11H,1-2H3,(H,25,27). The summed E-state index contributed by atoms with van der Waals surface area (Å²) in [7, 11) is 0. The van der Waals surface area contributed by atoms with Crippen LogP contribution >= 0.6 is 34.2 Å². The van der Waals surface area contributed by atoms with Gasteiger partial charge in [0.1, 0.15) is 5.52 Å². The zero-order valence-corrected chi connectivity index (χ0v) is 18.1. The van der Waals surface area contributed by atoms with Crippen LogP contribution in [-0.4, -0.2) is 10.9 Å². The van der Waals surface area contributed by atoms with E-state index >= 15 is 0 Å². The highest BCUT2D eigenvalue weighted by Crippen LogP contribution is 2.29. The molecule has 4 aromatic rings. The predicted molar refractivity (Wildman–Crippen MR) is 121 cm³/mol. The summed E-state index contributed by atoms with van der Waals surface area (Å²) in [5, 5.41) is 3.37. The van der Waals surface area contributed by atoms with Crippen LogP contribution in [-0.2, 0) is 0 Å². The molecule has 0 aliphatic heterocycles. The molecule has 0 aliphatic carbocycles. The minimum atomic E-state index is -0.253. The van der Waals surface area contributed by atoms with E-state index in [1.54, 1.807) is 12.1 Å². The highest BCUT2D eigenvalue weighted by molar-refractivity contribution is 14.1. The van der Waals surface area contributed by atoms with Crippen molar-refractivity contribution in [3.8, 4) is 11.5 Å². The minimum Gasteiger partial charge on any atom is -0.436 e. The minimum absolute atomic E-state index is 0.253. The van der Waals surface area contributed by atoms with Gasteiger partial charge in [0.15, 0.2) is 5.58 Å². The maximum Gasteiger partial charge on any atom is 0.257 e. The SMILES string of the molecule is Cc1ccc2oc(-c3ccc(C)c(NC(=O)c4cc(I)ccc4Cl)c3)nc2c1. The summed E-state index contributed by atoms with van der Waals surface area (Å²) in [6.07, 6.45) is 0.